The molecule has 0 bridgehead atoms. The molecule has 0 N–H and O–H groups in total. The van der Waals surface area contributed by atoms with E-state index in [2.05, 4.69) is 11.9 Å². The number of hydrogen-bond acceptors (Lipinski definition) is 6. The molecule has 0 fully saturated rings. The molecular weight excluding hydrogens is 368 g/mol. The van der Waals surface area contributed by atoms with E-state index in [-0.39, 0.29) is 18.1 Å². The number of hydrogen-bond donors (Lipinski definition) is 0. The molecule has 3 aromatic rings. The number of nitrogens with zero attached hydrogens (tertiary/aromatic N) is 2. The lowest BCUT2D eigenvalue weighted by Gasteiger charge is -2.10. The van der Waals surface area contributed by atoms with E-state index in [9.17, 15) is 9.59 Å². The molecule has 0 amide bonds. The highest BCUT2D eigenvalue weighted by Gasteiger charge is 2.19. The summed E-state index contributed by atoms with van der Waals surface area (Å²) in [6, 6.07) is 3.38. The van der Waals surface area contributed by atoms with Crippen molar-refractivity contribution in [1.82, 2.24) is 9.38 Å². The lowest BCUT2D eigenvalue weighted by atomic mass is 10.0. The number of fused-ring (bicyclic) bond motifs is 3. The molecule has 0 saturated heterocycles. The van der Waals surface area contributed by atoms with Gasteiger partial charge in [0.1, 0.15) is 11.5 Å². The van der Waals surface area contributed by atoms with Crippen molar-refractivity contribution in [3.05, 3.63) is 54.1 Å². The van der Waals surface area contributed by atoms with E-state index in [1.165, 1.54) is 34.3 Å². The zero-order chi connectivity index (χ0) is 18.3. The number of carbonyl (C=O) groups excluding carboxylic acids is 1. The van der Waals surface area contributed by atoms with Gasteiger partial charge < -0.3 is 4.74 Å². The van der Waals surface area contributed by atoms with Gasteiger partial charge in [-0.2, -0.15) is 0 Å². The standard InChI is InChI=1S/C19H20N2O3S2/c1-3-12-8-16(25-11(12)2)18(23)24-10-13-9-17(22)21-14-6-4-5-7-15(14)26-19(21)20-13/h8-9H,3-7,10H2,1-2H3. The van der Waals surface area contributed by atoms with Crippen LogP contribution in [0.2, 0.25) is 0 Å². The first-order chi connectivity index (χ1) is 12.6. The number of aryl methyl sites for hydroxylation is 4. The van der Waals surface area contributed by atoms with Crippen LogP contribution in [0.4, 0.5) is 0 Å². The maximum absolute atomic E-state index is 12.5. The molecular formula is C19H20N2O3S2. The Bertz CT molecular complexity index is 1050. The molecule has 0 atom stereocenters. The number of thiazole rings is 1. The van der Waals surface area contributed by atoms with Gasteiger partial charge in [-0.25, -0.2) is 9.78 Å². The molecule has 4 rings (SSSR count). The van der Waals surface area contributed by atoms with Crippen molar-refractivity contribution in [2.45, 2.75) is 52.6 Å². The van der Waals surface area contributed by atoms with Crippen molar-refractivity contribution < 1.29 is 9.53 Å². The van der Waals surface area contributed by atoms with Gasteiger partial charge in [0.15, 0.2) is 4.96 Å². The third-order valence-corrected chi connectivity index (χ3v) is 6.98. The normalized spacial score (nSPS) is 13.8. The largest absolute Gasteiger partial charge is 0.455 e. The average Bonchev–Trinajstić information content (AvgIpc) is 3.19. The zero-order valence-corrected chi connectivity index (χ0v) is 16.5. The van der Waals surface area contributed by atoms with E-state index in [4.69, 9.17) is 4.74 Å². The Morgan fingerprint density at radius 3 is 2.85 bits per heavy atom. The van der Waals surface area contributed by atoms with Gasteiger partial charge >= 0.3 is 5.97 Å². The van der Waals surface area contributed by atoms with Crippen LogP contribution in [0.15, 0.2) is 16.9 Å². The fourth-order valence-corrected chi connectivity index (χ4v) is 5.64. The fourth-order valence-electron chi connectivity index (χ4n) is 3.40. The number of rotatable bonds is 4. The van der Waals surface area contributed by atoms with Crippen LogP contribution in [0.3, 0.4) is 0 Å². The van der Waals surface area contributed by atoms with Crippen LogP contribution in [-0.2, 0) is 30.6 Å². The zero-order valence-electron chi connectivity index (χ0n) is 14.8. The molecule has 1 aliphatic rings. The molecule has 0 aromatic carbocycles. The molecule has 0 aliphatic heterocycles. The second-order valence-corrected chi connectivity index (χ2v) is 8.82. The van der Waals surface area contributed by atoms with Gasteiger partial charge in [-0.3, -0.25) is 9.20 Å². The topological polar surface area (TPSA) is 60.7 Å². The lowest BCUT2D eigenvalue weighted by Crippen LogP contribution is -2.18. The van der Waals surface area contributed by atoms with Crippen molar-refractivity contribution in [2.75, 3.05) is 0 Å². The van der Waals surface area contributed by atoms with E-state index < -0.39 is 0 Å². The summed E-state index contributed by atoms with van der Waals surface area (Å²) < 4.78 is 7.12. The minimum Gasteiger partial charge on any atom is -0.455 e. The van der Waals surface area contributed by atoms with Crippen molar-refractivity contribution in [2.24, 2.45) is 0 Å². The Morgan fingerprint density at radius 1 is 1.27 bits per heavy atom. The number of ether oxygens (including phenoxy) is 1. The van der Waals surface area contributed by atoms with Gasteiger partial charge in [0.05, 0.1) is 5.69 Å². The number of esters is 1. The monoisotopic (exact) mass is 388 g/mol. The van der Waals surface area contributed by atoms with E-state index in [0.29, 0.717) is 15.5 Å². The van der Waals surface area contributed by atoms with Crippen molar-refractivity contribution in [1.29, 1.82) is 0 Å². The quantitative estimate of drug-likeness (QED) is 0.636. The maximum Gasteiger partial charge on any atom is 0.348 e. The Labute approximate surface area is 159 Å². The highest BCUT2D eigenvalue weighted by molar-refractivity contribution is 7.17. The summed E-state index contributed by atoms with van der Waals surface area (Å²) in [7, 11) is 0. The second kappa shape index (κ2) is 6.96. The summed E-state index contributed by atoms with van der Waals surface area (Å²) in [5.41, 5.74) is 2.70. The van der Waals surface area contributed by atoms with Crippen LogP contribution in [0, 0.1) is 6.92 Å². The van der Waals surface area contributed by atoms with Crippen LogP contribution in [0.1, 0.15) is 56.1 Å². The first-order valence-electron chi connectivity index (χ1n) is 8.86. The molecule has 0 radical (unpaired) electrons. The highest BCUT2D eigenvalue weighted by Crippen LogP contribution is 2.28. The summed E-state index contributed by atoms with van der Waals surface area (Å²) in [5.74, 6) is -0.356. The Hall–Kier alpha value is -1.99. The summed E-state index contributed by atoms with van der Waals surface area (Å²) in [4.78, 5) is 33.1. The van der Waals surface area contributed by atoms with Crippen molar-refractivity contribution >= 4 is 33.6 Å². The van der Waals surface area contributed by atoms with Gasteiger partial charge in [0.25, 0.3) is 5.56 Å². The van der Waals surface area contributed by atoms with Gasteiger partial charge in [-0.15, -0.1) is 22.7 Å². The van der Waals surface area contributed by atoms with Gasteiger partial charge in [0, 0.05) is 21.5 Å². The summed E-state index contributed by atoms with van der Waals surface area (Å²) in [5, 5.41) is 0. The van der Waals surface area contributed by atoms with Gasteiger partial charge in [-0.1, -0.05) is 6.92 Å². The Morgan fingerprint density at radius 2 is 2.08 bits per heavy atom. The Balaban J connectivity index is 1.55. The maximum atomic E-state index is 12.5. The molecule has 136 valence electrons. The second-order valence-electron chi connectivity index (χ2n) is 6.50. The molecule has 0 spiro atoms. The Kier molecular flexibility index (Phi) is 4.67. The first kappa shape index (κ1) is 17.4. The molecule has 3 heterocycles. The first-order valence-corrected chi connectivity index (χ1v) is 10.5. The summed E-state index contributed by atoms with van der Waals surface area (Å²) in [6.07, 6.45) is 5.13. The van der Waals surface area contributed by atoms with Crippen LogP contribution < -0.4 is 5.56 Å². The SMILES string of the molecule is CCc1cc(C(=O)OCc2cc(=O)n3c4c(sc3n2)CCCC4)sc1C. The van der Waals surface area contributed by atoms with E-state index in [1.807, 2.05) is 13.0 Å². The fraction of sp³-hybridized carbons (Fsp3) is 0.421. The smallest absolute Gasteiger partial charge is 0.348 e. The molecule has 0 saturated carbocycles. The summed E-state index contributed by atoms with van der Waals surface area (Å²) in [6.45, 7) is 4.10. The third kappa shape index (κ3) is 3.10. The van der Waals surface area contributed by atoms with E-state index in [0.717, 1.165) is 36.3 Å². The minimum atomic E-state index is -0.356. The molecule has 0 unspecified atom stereocenters. The van der Waals surface area contributed by atoms with E-state index in [1.54, 1.807) is 15.7 Å². The number of aromatic nitrogens is 2. The van der Waals surface area contributed by atoms with Crippen molar-refractivity contribution in [3.63, 3.8) is 0 Å². The molecule has 3 aromatic heterocycles. The van der Waals surface area contributed by atoms with Crippen LogP contribution in [0.25, 0.3) is 4.96 Å². The lowest BCUT2D eigenvalue weighted by molar-refractivity contribution is 0.0473. The molecule has 1 aliphatic carbocycles. The van der Waals surface area contributed by atoms with Crippen molar-refractivity contribution in [3.8, 4) is 0 Å². The predicted molar refractivity (Wildman–Crippen MR) is 104 cm³/mol. The van der Waals surface area contributed by atoms with Crippen LogP contribution in [0.5, 0.6) is 0 Å². The molecule has 26 heavy (non-hydrogen) atoms. The number of carbonyl (C=O) groups is 1. The third-order valence-electron chi connectivity index (χ3n) is 4.77. The number of thiophene rings is 1. The van der Waals surface area contributed by atoms with Gasteiger partial charge in [-0.05, 0) is 50.7 Å². The highest BCUT2D eigenvalue weighted by atomic mass is 32.1. The van der Waals surface area contributed by atoms with E-state index >= 15 is 0 Å². The van der Waals surface area contributed by atoms with Crippen LogP contribution in [-0.4, -0.2) is 15.4 Å². The minimum absolute atomic E-state index is 0.0194. The average molecular weight is 389 g/mol. The molecule has 7 heteroatoms. The predicted octanol–water partition coefficient (Wildman–Crippen LogP) is 3.92. The van der Waals surface area contributed by atoms with Crippen LogP contribution >= 0.6 is 22.7 Å². The summed E-state index contributed by atoms with van der Waals surface area (Å²) >= 11 is 3.03. The molecule has 5 nitrogen and oxygen atoms in total. The van der Waals surface area contributed by atoms with Gasteiger partial charge in [0.2, 0.25) is 0 Å².